The Labute approximate surface area is 261 Å². The van der Waals surface area contributed by atoms with E-state index in [1.165, 1.54) is 12.8 Å². The molecule has 43 heavy (non-hydrogen) atoms. The maximum Gasteiger partial charge on any atom is 0.203 e. The quantitative estimate of drug-likeness (QED) is 0.0841. The molecule has 0 spiro atoms. The van der Waals surface area contributed by atoms with Crippen LogP contribution in [0.4, 0.5) is 0 Å². The monoisotopic (exact) mass is 611 g/mol. The summed E-state index contributed by atoms with van der Waals surface area (Å²) in [6.45, 7) is 20.4. The van der Waals surface area contributed by atoms with Gasteiger partial charge in [-0.15, -0.1) is 0 Å². The van der Waals surface area contributed by atoms with Crippen LogP contribution < -0.4 is 19.9 Å². The minimum atomic E-state index is -0.313. The van der Waals surface area contributed by atoms with Crippen LogP contribution in [0.2, 0.25) is 0 Å². The average molecular weight is 612 g/mol. The summed E-state index contributed by atoms with van der Waals surface area (Å²) in [5.74, 6) is 1.40. The van der Waals surface area contributed by atoms with Crippen LogP contribution in [0.1, 0.15) is 97.3 Å². The van der Waals surface area contributed by atoms with Gasteiger partial charge in [0, 0.05) is 42.6 Å². The first-order valence-corrected chi connectivity index (χ1v) is 16.2. The number of Topliss-reactive ketones (excluding diaryl/α,β-unsaturated/α-hetero) is 1. The third-order valence-electron chi connectivity index (χ3n) is 6.47. The number of hydrogen-bond donors (Lipinski definition) is 1. The van der Waals surface area contributed by atoms with Gasteiger partial charge < -0.3 is 38.9 Å². The van der Waals surface area contributed by atoms with Crippen molar-refractivity contribution in [1.29, 1.82) is 0 Å². The lowest BCUT2D eigenvalue weighted by Crippen LogP contribution is -2.32. The van der Waals surface area contributed by atoms with E-state index in [1.807, 2.05) is 6.92 Å². The number of carbonyl (C=O) groups is 1. The molecule has 1 aromatic carbocycles. The lowest BCUT2D eigenvalue weighted by Gasteiger charge is -2.29. The first-order chi connectivity index (χ1) is 20.6. The predicted molar refractivity (Wildman–Crippen MR) is 172 cm³/mol. The van der Waals surface area contributed by atoms with Crippen LogP contribution in [0.25, 0.3) is 0 Å². The van der Waals surface area contributed by atoms with Crippen LogP contribution in [0, 0.1) is 10.8 Å². The second kappa shape index (κ2) is 22.6. The molecule has 0 saturated heterocycles. The van der Waals surface area contributed by atoms with Gasteiger partial charge in [0.2, 0.25) is 5.75 Å². The van der Waals surface area contributed by atoms with Gasteiger partial charge in [-0.1, -0.05) is 67.7 Å². The minimum Gasteiger partial charge on any atom is -0.487 e. The summed E-state index contributed by atoms with van der Waals surface area (Å²) in [5.41, 5.74) is 5.62. The number of ether oxygens (including phenoxy) is 7. The van der Waals surface area contributed by atoms with E-state index in [9.17, 15) is 4.79 Å². The standard InChI is InChI=1S/C34H61NO8/c1-8-11-12-13-16-38-19-21-42-31-23-28(29(36)10-3)22-30(41-20-18-37-15-9-2)32(31)43-27-34(6,7)26-40-25-33(4,5)24-39-17-14-35/h22-23H,8-21,24-27,35H2,1-7H3. The van der Waals surface area contributed by atoms with Crippen LogP contribution >= 0.6 is 0 Å². The van der Waals surface area contributed by atoms with E-state index in [-0.39, 0.29) is 16.6 Å². The number of ketones is 1. The van der Waals surface area contributed by atoms with Gasteiger partial charge in [-0.25, -0.2) is 0 Å². The van der Waals surface area contributed by atoms with Gasteiger partial charge in [-0.2, -0.15) is 0 Å². The zero-order chi connectivity index (χ0) is 32.0. The molecule has 0 aliphatic carbocycles. The molecule has 0 aromatic heterocycles. The molecule has 0 unspecified atom stereocenters. The molecule has 0 radical (unpaired) electrons. The zero-order valence-electron chi connectivity index (χ0n) is 28.2. The van der Waals surface area contributed by atoms with Crippen LogP contribution in [-0.4, -0.2) is 85.0 Å². The second-order valence-electron chi connectivity index (χ2n) is 12.5. The second-order valence-corrected chi connectivity index (χ2v) is 12.5. The largest absolute Gasteiger partial charge is 0.487 e. The highest BCUT2D eigenvalue weighted by Crippen LogP contribution is 2.40. The van der Waals surface area contributed by atoms with E-state index >= 15 is 0 Å². The number of benzene rings is 1. The molecular formula is C34H61NO8. The van der Waals surface area contributed by atoms with Gasteiger partial charge in [-0.05, 0) is 25.0 Å². The number of rotatable bonds is 28. The minimum absolute atomic E-state index is 0.00226. The SMILES string of the molecule is CCCCCCOCCOc1cc(C(=O)CC)cc(OCCOCCC)c1OCC(C)(C)COCC(C)(C)COCCN. The van der Waals surface area contributed by atoms with Gasteiger partial charge in [0.1, 0.15) is 13.2 Å². The number of nitrogens with two attached hydrogens (primary N) is 1. The predicted octanol–water partition coefficient (Wildman–Crippen LogP) is 6.48. The summed E-state index contributed by atoms with van der Waals surface area (Å²) in [6.07, 6.45) is 5.92. The lowest BCUT2D eigenvalue weighted by molar-refractivity contribution is -0.0324. The van der Waals surface area contributed by atoms with Crippen molar-refractivity contribution in [3.05, 3.63) is 17.7 Å². The number of hydrogen-bond acceptors (Lipinski definition) is 9. The summed E-state index contributed by atoms with van der Waals surface area (Å²) < 4.78 is 41.8. The highest BCUT2D eigenvalue weighted by molar-refractivity contribution is 5.97. The van der Waals surface area contributed by atoms with Crippen molar-refractivity contribution in [2.75, 3.05) is 79.2 Å². The molecule has 0 fully saturated rings. The average Bonchev–Trinajstić information content (AvgIpc) is 2.97. The summed E-state index contributed by atoms with van der Waals surface area (Å²) in [4.78, 5) is 12.7. The van der Waals surface area contributed by atoms with Crippen molar-refractivity contribution >= 4 is 5.78 Å². The normalized spacial score (nSPS) is 12.0. The van der Waals surface area contributed by atoms with Gasteiger partial charge in [0.05, 0.1) is 46.2 Å². The molecular weight excluding hydrogens is 550 g/mol. The molecule has 0 bridgehead atoms. The number of unbranched alkanes of at least 4 members (excludes halogenated alkanes) is 3. The number of carbonyl (C=O) groups excluding carboxylic acids is 1. The fourth-order valence-electron chi connectivity index (χ4n) is 4.09. The Bertz CT molecular complexity index is 874. The molecule has 1 aromatic rings. The third kappa shape index (κ3) is 17.8. The van der Waals surface area contributed by atoms with Gasteiger partial charge in [0.15, 0.2) is 17.3 Å². The van der Waals surface area contributed by atoms with Gasteiger partial charge in [-0.3, -0.25) is 4.79 Å². The van der Waals surface area contributed by atoms with Crippen molar-refractivity contribution in [3.63, 3.8) is 0 Å². The van der Waals surface area contributed by atoms with E-state index in [0.717, 1.165) is 19.3 Å². The van der Waals surface area contributed by atoms with E-state index < -0.39 is 0 Å². The maximum absolute atomic E-state index is 12.7. The zero-order valence-corrected chi connectivity index (χ0v) is 28.2. The molecule has 1 rings (SSSR count). The van der Waals surface area contributed by atoms with Crippen molar-refractivity contribution < 1.29 is 38.0 Å². The Balaban J connectivity index is 3.00. The van der Waals surface area contributed by atoms with Crippen molar-refractivity contribution in [2.24, 2.45) is 16.6 Å². The van der Waals surface area contributed by atoms with Crippen molar-refractivity contribution in [2.45, 2.75) is 87.0 Å². The molecule has 0 aliphatic heterocycles. The third-order valence-corrected chi connectivity index (χ3v) is 6.47. The molecule has 0 atom stereocenters. The molecule has 0 heterocycles. The maximum atomic E-state index is 12.7. The van der Waals surface area contributed by atoms with E-state index in [1.54, 1.807) is 12.1 Å². The fourth-order valence-corrected chi connectivity index (χ4v) is 4.09. The molecule has 0 saturated carbocycles. The van der Waals surface area contributed by atoms with Crippen molar-refractivity contribution in [1.82, 2.24) is 0 Å². The lowest BCUT2D eigenvalue weighted by atomic mass is 9.94. The Morgan fingerprint density at radius 3 is 1.77 bits per heavy atom. The molecule has 0 aliphatic rings. The molecule has 2 N–H and O–H groups in total. The van der Waals surface area contributed by atoms with Crippen molar-refractivity contribution in [3.8, 4) is 17.2 Å². The Morgan fingerprint density at radius 2 is 1.21 bits per heavy atom. The fraction of sp³-hybridized carbons (Fsp3) is 0.794. The first kappa shape index (κ1) is 39.1. The van der Waals surface area contributed by atoms with Crippen LogP contribution in [0.15, 0.2) is 12.1 Å². The summed E-state index contributed by atoms with van der Waals surface area (Å²) >= 11 is 0. The Kier molecular flexibility index (Phi) is 20.5. The molecule has 0 amide bonds. The van der Waals surface area contributed by atoms with Gasteiger partial charge in [0.25, 0.3) is 0 Å². The first-order valence-electron chi connectivity index (χ1n) is 16.2. The molecule has 9 nitrogen and oxygen atoms in total. The Hall–Kier alpha value is -1.91. The Morgan fingerprint density at radius 1 is 0.628 bits per heavy atom. The summed E-state index contributed by atoms with van der Waals surface area (Å²) in [7, 11) is 0. The van der Waals surface area contributed by atoms with Crippen LogP contribution in [-0.2, 0) is 18.9 Å². The van der Waals surface area contributed by atoms with E-state index in [2.05, 4.69) is 41.5 Å². The highest BCUT2D eigenvalue weighted by atomic mass is 16.6. The van der Waals surface area contributed by atoms with Gasteiger partial charge >= 0.3 is 0 Å². The molecule has 9 heteroatoms. The summed E-state index contributed by atoms with van der Waals surface area (Å²) in [6, 6.07) is 3.49. The van der Waals surface area contributed by atoms with Crippen LogP contribution in [0.5, 0.6) is 17.2 Å². The van der Waals surface area contributed by atoms with E-state index in [4.69, 9.17) is 38.9 Å². The van der Waals surface area contributed by atoms with Crippen LogP contribution in [0.3, 0.4) is 0 Å². The molecule has 250 valence electrons. The van der Waals surface area contributed by atoms with E-state index in [0.29, 0.717) is 108 Å². The highest BCUT2D eigenvalue weighted by Gasteiger charge is 2.26. The smallest absolute Gasteiger partial charge is 0.203 e. The summed E-state index contributed by atoms with van der Waals surface area (Å²) in [5, 5.41) is 0. The topological polar surface area (TPSA) is 108 Å².